The van der Waals surface area contributed by atoms with Gasteiger partial charge < -0.3 is 0 Å². The molecule has 0 aliphatic rings. The van der Waals surface area contributed by atoms with Crippen molar-refractivity contribution in [2.45, 2.75) is 6.92 Å². The second kappa shape index (κ2) is 6.90. The van der Waals surface area contributed by atoms with Gasteiger partial charge in [-0.05, 0) is 30.2 Å². The number of hydrogen-bond acceptors (Lipinski definition) is 4. The molecule has 0 unspecified atom stereocenters. The van der Waals surface area contributed by atoms with Crippen LogP contribution in [0, 0.1) is 11.8 Å². The van der Waals surface area contributed by atoms with Crippen molar-refractivity contribution in [1.82, 2.24) is 5.43 Å². The molecule has 0 saturated heterocycles. The van der Waals surface area contributed by atoms with E-state index in [0.717, 1.165) is 16.8 Å². The van der Waals surface area contributed by atoms with Crippen LogP contribution in [-0.2, 0) is 4.79 Å². The molecule has 0 bridgehead atoms. The number of aryl methyl sites for hydroxylation is 1. The summed E-state index contributed by atoms with van der Waals surface area (Å²) in [6.07, 6.45) is 5.99. The largest absolute Gasteiger partial charge is 0.268 e. The highest BCUT2D eigenvalue weighted by Crippen LogP contribution is 2.20. The first kappa shape index (κ1) is 13.5. The molecule has 1 N–H and O–H groups in total. The summed E-state index contributed by atoms with van der Waals surface area (Å²) in [6, 6.07) is 5.57. The van der Waals surface area contributed by atoms with E-state index in [1.54, 1.807) is 23.8 Å². The highest BCUT2D eigenvalue weighted by atomic mass is 16.3. The number of nitroso groups, excluding NO2 is 1. The maximum Gasteiger partial charge on any atom is 0.266 e. The number of amides is 1. The lowest BCUT2D eigenvalue weighted by Crippen LogP contribution is -2.12. The molecule has 92 valence electrons. The second-order valence-corrected chi connectivity index (χ2v) is 3.46. The van der Waals surface area contributed by atoms with E-state index in [1.807, 2.05) is 25.1 Å². The summed E-state index contributed by atoms with van der Waals surface area (Å²) >= 11 is 0. The van der Waals surface area contributed by atoms with Crippen LogP contribution in [0.3, 0.4) is 0 Å². The third-order valence-electron chi connectivity index (χ3n) is 2.14. The lowest BCUT2D eigenvalue weighted by Gasteiger charge is -2.01. The Kier molecular flexibility index (Phi) is 5.18. The smallest absolute Gasteiger partial charge is 0.266 e. The third-order valence-corrected chi connectivity index (χ3v) is 2.14. The first-order chi connectivity index (χ1) is 8.67. The van der Waals surface area contributed by atoms with E-state index in [2.05, 4.69) is 16.9 Å². The van der Waals surface area contributed by atoms with Gasteiger partial charge in [0.05, 0.1) is 11.0 Å². The Bertz CT molecular complexity index is 519. The van der Waals surface area contributed by atoms with Crippen LogP contribution in [0.1, 0.15) is 11.1 Å². The molecule has 0 fully saturated rings. The van der Waals surface area contributed by atoms with E-state index < -0.39 is 5.91 Å². The lowest BCUT2D eigenvalue weighted by atomic mass is 10.1. The van der Waals surface area contributed by atoms with Crippen molar-refractivity contribution in [2.75, 3.05) is 0 Å². The standard InChI is InChI=1S/C13H13N3O2/c1-3-8-14-12-9-11(5-4-10(12)2)6-7-13(17)15-16-18/h3-9H,1H2,2H3,(H,15,17,18)/b7-6+,14-8-. The maximum atomic E-state index is 11.0. The molecular formula is C13H13N3O2. The molecule has 5 heteroatoms. The number of hydrogen-bond donors (Lipinski definition) is 1. The molecule has 0 saturated carbocycles. The zero-order valence-corrected chi connectivity index (χ0v) is 9.96. The van der Waals surface area contributed by atoms with Gasteiger partial charge in [-0.3, -0.25) is 9.79 Å². The fourth-order valence-electron chi connectivity index (χ4n) is 1.26. The number of aliphatic imine (C=N–C) groups is 1. The van der Waals surface area contributed by atoms with Crippen LogP contribution in [0.5, 0.6) is 0 Å². The molecule has 0 heterocycles. The summed E-state index contributed by atoms with van der Waals surface area (Å²) in [5, 5.41) is 2.28. The van der Waals surface area contributed by atoms with Crippen LogP contribution in [0.25, 0.3) is 6.08 Å². The normalized spacial score (nSPS) is 10.7. The molecule has 1 rings (SSSR count). The predicted molar refractivity (Wildman–Crippen MR) is 72.5 cm³/mol. The summed E-state index contributed by atoms with van der Waals surface area (Å²) in [4.78, 5) is 25.0. The molecule has 0 radical (unpaired) electrons. The predicted octanol–water partition coefficient (Wildman–Crippen LogP) is 2.69. The molecule has 1 aromatic rings. The molecular weight excluding hydrogens is 230 g/mol. The zero-order chi connectivity index (χ0) is 13.4. The summed E-state index contributed by atoms with van der Waals surface area (Å²) in [7, 11) is 0. The molecule has 0 aliphatic heterocycles. The van der Waals surface area contributed by atoms with Crippen LogP contribution in [0.2, 0.25) is 0 Å². The van der Waals surface area contributed by atoms with Gasteiger partial charge in [0.25, 0.3) is 5.91 Å². The number of nitrogens with zero attached hydrogens (tertiary/aromatic N) is 2. The summed E-state index contributed by atoms with van der Waals surface area (Å²) in [6.45, 7) is 5.49. The molecule has 0 aromatic heterocycles. The van der Waals surface area contributed by atoms with Gasteiger partial charge in [0, 0.05) is 12.3 Å². The van der Waals surface area contributed by atoms with Crippen molar-refractivity contribution in [2.24, 2.45) is 10.3 Å². The average molecular weight is 243 g/mol. The zero-order valence-electron chi connectivity index (χ0n) is 9.96. The minimum Gasteiger partial charge on any atom is -0.268 e. The quantitative estimate of drug-likeness (QED) is 0.374. The SMILES string of the molecule is C=C/C=N\c1cc(/C=C/C(=O)NN=O)ccc1C. The topological polar surface area (TPSA) is 70.9 Å². The molecule has 0 aliphatic carbocycles. The van der Waals surface area contributed by atoms with E-state index in [-0.39, 0.29) is 0 Å². The van der Waals surface area contributed by atoms with Crippen LogP contribution in [0.4, 0.5) is 5.69 Å². The minimum atomic E-state index is -0.568. The number of carbonyl (C=O) groups excluding carboxylic acids is 1. The Morgan fingerprint density at radius 3 is 2.89 bits per heavy atom. The van der Waals surface area contributed by atoms with E-state index in [9.17, 15) is 9.70 Å². The third kappa shape index (κ3) is 4.13. The number of nitrogens with one attached hydrogen (secondary N) is 1. The number of carbonyl (C=O) groups is 1. The number of allylic oxidation sites excluding steroid dienone is 1. The first-order valence-electron chi connectivity index (χ1n) is 5.23. The van der Waals surface area contributed by atoms with Crippen molar-refractivity contribution < 1.29 is 4.79 Å². The number of rotatable bonds is 5. The fourth-order valence-corrected chi connectivity index (χ4v) is 1.26. The fraction of sp³-hybridized carbons (Fsp3) is 0.0769. The second-order valence-electron chi connectivity index (χ2n) is 3.46. The Morgan fingerprint density at radius 1 is 1.44 bits per heavy atom. The van der Waals surface area contributed by atoms with Crippen molar-refractivity contribution in [3.05, 3.63) is 53.0 Å². The van der Waals surface area contributed by atoms with Crippen molar-refractivity contribution in [1.29, 1.82) is 0 Å². The van der Waals surface area contributed by atoms with Crippen LogP contribution >= 0.6 is 0 Å². The van der Waals surface area contributed by atoms with Crippen LogP contribution in [-0.4, -0.2) is 12.1 Å². The van der Waals surface area contributed by atoms with E-state index >= 15 is 0 Å². The van der Waals surface area contributed by atoms with Crippen molar-refractivity contribution in [3.63, 3.8) is 0 Å². The highest BCUT2D eigenvalue weighted by Gasteiger charge is 1.97. The Hall–Kier alpha value is -2.56. The van der Waals surface area contributed by atoms with Crippen molar-refractivity contribution >= 4 is 23.9 Å². The van der Waals surface area contributed by atoms with Crippen LogP contribution < -0.4 is 5.43 Å². The van der Waals surface area contributed by atoms with Gasteiger partial charge in [0.2, 0.25) is 0 Å². The van der Waals surface area contributed by atoms with E-state index in [4.69, 9.17) is 0 Å². The Balaban J connectivity index is 2.91. The maximum absolute atomic E-state index is 11.0. The summed E-state index contributed by atoms with van der Waals surface area (Å²) < 4.78 is 0. The van der Waals surface area contributed by atoms with Gasteiger partial charge in [0.1, 0.15) is 0 Å². The highest BCUT2D eigenvalue weighted by molar-refractivity contribution is 5.91. The molecule has 0 spiro atoms. The molecule has 5 nitrogen and oxygen atoms in total. The number of benzene rings is 1. The molecule has 1 aromatic carbocycles. The monoisotopic (exact) mass is 243 g/mol. The van der Waals surface area contributed by atoms with Gasteiger partial charge in [-0.2, -0.15) is 0 Å². The van der Waals surface area contributed by atoms with E-state index in [0.29, 0.717) is 0 Å². The molecule has 1 amide bonds. The van der Waals surface area contributed by atoms with Gasteiger partial charge in [-0.15, -0.1) is 4.91 Å². The van der Waals surface area contributed by atoms with Crippen LogP contribution in [0.15, 0.2) is 47.2 Å². The van der Waals surface area contributed by atoms with E-state index in [1.165, 1.54) is 6.08 Å². The first-order valence-corrected chi connectivity index (χ1v) is 5.23. The van der Waals surface area contributed by atoms with Gasteiger partial charge in [-0.25, -0.2) is 5.43 Å². The van der Waals surface area contributed by atoms with Gasteiger partial charge >= 0.3 is 0 Å². The van der Waals surface area contributed by atoms with Crippen molar-refractivity contribution in [3.8, 4) is 0 Å². The van der Waals surface area contributed by atoms with Gasteiger partial charge in [-0.1, -0.05) is 24.8 Å². The van der Waals surface area contributed by atoms with Gasteiger partial charge in [0.15, 0.2) is 0 Å². The molecule has 18 heavy (non-hydrogen) atoms. The average Bonchev–Trinajstić information content (AvgIpc) is 2.36. The summed E-state index contributed by atoms with van der Waals surface area (Å²) in [5.41, 5.74) is 4.40. The Labute approximate surface area is 105 Å². The Morgan fingerprint density at radius 2 is 2.22 bits per heavy atom. The summed E-state index contributed by atoms with van der Waals surface area (Å²) in [5.74, 6) is -0.568. The lowest BCUT2D eigenvalue weighted by molar-refractivity contribution is -0.116. The minimum absolute atomic E-state index is 0.568. The molecule has 0 atom stereocenters.